The van der Waals surface area contributed by atoms with Gasteiger partial charge in [-0.2, -0.15) is 0 Å². The van der Waals surface area contributed by atoms with Crippen LogP contribution in [0, 0.1) is 0 Å². The fraction of sp³-hybridized carbons (Fsp3) is 0.545. The predicted molar refractivity (Wildman–Crippen MR) is 115 cm³/mol. The third kappa shape index (κ3) is 5.37. The first kappa shape index (κ1) is 22.7. The number of hydrogen-bond donors (Lipinski definition) is 1. The van der Waals surface area contributed by atoms with E-state index in [1.807, 2.05) is 18.2 Å². The molecule has 4 atom stereocenters. The number of fused-ring (bicyclic) bond motifs is 1. The highest BCUT2D eigenvalue weighted by Gasteiger charge is 2.40. The molecular weight excluding hydrogens is 398 g/mol. The maximum absolute atomic E-state index is 13.3. The molecule has 1 aromatic rings. The minimum atomic E-state index is -0.764. The molecule has 2 amide bonds. The van der Waals surface area contributed by atoms with E-state index in [4.69, 9.17) is 15.0 Å². The van der Waals surface area contributed by atoms with Crippen molar-refractivity contribution in [2.75, 3.05) is 13.2 Å². The number of amides is 2. The molecular formula is C22H29N5O4. The largest absolute Gasteiger partial charge is 0.444 e. The van der Waals surface area contributed by atoms with Crippen LogP contribution < -0.4 is 5.32 Å². The Hall–Kier alpha value is -3.03. The Morgan fingerprint density at radius 3 is 2.81 bits per heavy atom. The first-order valence-corrected chi connectivity index (χ1v) is 10.4. The van der Waals surface area contributed by atoms with E-state index in [0.717, 1.165) is 12.0 Å². The van der Waals surface area contributed by atoms with Crippen molar-refractivity contribution in [1.29, 1.82) is 0 Å². The number of ether oxygens (including phenoxy) is 2. The number of nitrogens with zero attached hydrogens (tertiary/aromatic N) is 4. The lowest BCUT2D eigenvalue weighted by molar-refractivity contribution is -0.150. The number of benzene rings is 1. The predicted octanol–water partition coefficient (Wildman–Crippen LogP) is 3.66. The number of nitrogens with one attached hydrogen (secondary N) is 1. The van der Waals surface area contributed by atoms with Crippen LogP contribution in [0.4, 0.5) is 4.79 Å². The van der Waals surface area contributed by atoms with Crippen LogP contribution in [0.2, 0.25) is 0 Å². The molecule has 0 spiro atoms. The lowest BCUT2D eigenvalue weighted by Crippen LogP contribution is -2.55. The van der Waals surface area contributed by atoms with Crippen LogP contribution >= 0.6 is 0 Å². The van der Waals surface area contributed by atoms with Crippen molar-refractivity contribution in [3.63, 3.8) is 0 Å². The molecule has 2 aliphatic rings. The van der Waals surface area contributed by atoms with Crippen LogP contribution in [0.3, 0.4) is 0 Å². The Morgan fingerprint density at radius 2 is 2.13 bits per heavy atom. The Labute approximate surface area is 182 Å². The van der Waals surface area contributed by atoms with Gasteiger partial charge in [-0.15, -0.1) is 6.58 Å². The maximum Gasteiger partial charge on any atom is 0.407 e. The van der Waals surface area contributed by atoms with Crippen LogP contribution in [-0.2, 0) is 20.7 Å². The third-order valence-corrected chi connectivity index (χ3v) is 5.41. The number of azide groups is 1. The van der Waals surface area contributed by atoms with E-state index in [-0.39, 0.29) is 25.0 Å². The van der Waals surface area contributed by atoms with Crippen LogP contribution in [0.5, 0.6) is 0 Å². The number of carbonyl (C=O) groups is 2. The molecule has 1 aromatic carbocycles. The SMILES string of the molecule is C=C[C@H]1c2ccccc2CCN1C(=O)[C@H]1CC(N=[N+]=[N-])[C@@H](NC(=O)OC(C)(C)C)CO1. The molecule has 1 N–H and O–H groups in total. The highest BCUT2D eigenvalue weighted by Crippen LogP contribution is 2.32. The second-order valence-electron chi connectivity index (χ2n) is 8.74. The van der Waals surface area contributed by atoms with Gasteiger partial charge in [-0.1, -0.05) is 35.5 Å². The Balaban J connectivity index is 1.70. The zero-order chi connectivity index (χ0) is 22.6. The summed E-state index contributed by atoms with van der Waals surface area (Å²) in [6.45, 7) is 9.80. The zero-order valence-electron chi connectivity index (χ0n) is 18.2. The summed E-state index contributed by atoms with van der Waals surface area (Å²) in [4.78, 5) is 30.1. The van der Waals surface area contributed by atoms with Crippen molar-refractivity contribution >= 4 is 12.0 Å². The number of carbonyl (C=O) groups excluding carboxylic acids is 2. The highest BCUT2D eigenvalue weighted by molar-refractivity contribution is 5.82. The fourth-order valence-electron chi connectivity index (χ4n) is 4.03. The second kappa shape index (κ2) is 9.41. The summed E-state index contributed by atoms with van der Waals surface area (Å²) < 4.78 is 11.1. The molecule has 3 rings (SSSR count). The van der Waals surface area contributed by atoms with Crippen LogP contribution in [0.25, 0.3) is 10.4 Å². The first-order valence-electron chi connectivity index (χ1n) is 10.4. The standard InChI is InChI=1S/C22H29N5O4/c1-5-18-15-9-7-6-8-14(15)10-11-27(18)20(28)19-12-16(25-26-23)17(13-30-19)24-21(29)31-22(2,3)4/h5-9,16-19H,1,10-13H2,2-4H3,(H,24,29)/t16?,17-,18-,19+/m0/s1. The van der Waals surface area contributed by atoms with Gasteiger partial charge in [0, 0.05) is 11.5 Å². The highest BCUT2D eigenvalue weighted by atomic mass is 16.6. The molecule has 0 aliphatic carbocycles. The summed E-state index contributed by atoms with van der Waals surface area (Å²) in [5.74, 6) is -0.173. The van der Waals surface area contributed by atoms with Gasteiger partial charge in [0.25, 0.3) is 5.91 Å². The molecule has 2 aliphatic heterocycles. The van der Waals surface area contributed by atoms with E-state index in [1.165, 1.54) is 5.56 Å². The van der Waals surface area contributed by atoms with Crippen molar-refractivity contribution in [1.82, 2.24) is 10.2 Å². The van der Waals surface area contributed by atoms with Gasteiger partial charge in [0.15, 0.2) is 0 Å². The van der Waals surface area contributed by atoms with E-state index in [0.29, 0.717) is 6.54 Å². The zero-order valence-corrected chi connectivity index (χ0v) is 18.2. The number of rotatable bonds is 4. The van der Waals surface area contributed by atoms with Crippen molar-refractivity contribution in [3.8, 4) is 0 Å². The molecule has 1 fully saturated rings. The van der Waals surface area contributed by atoms with Crippen molar-refractivity contribution in [2.45, 2.75) is 63.4 Å². The molecule has 31 heavy (non-hydrogen) atoms. The molecule has 0 radical (unpaired) electrons. The molecule has 2 heterocycles. The van der Waals surface area contributed by atoms with Crippen LogP contribution in [0.15, 0.2) is 42.0 Å². The molecule has 0 saturated carbocycles. The van der Waals surface area contributed by atoms with Gasteiger partial charge in [-0.3, -0.25) is 4.79 Å². The molecule has 1 unspecified atom stereocenters. The minimum absolute atomic E-state index is 0.0442. The quantitative estimate of drug-likeness (QED) is 0.341. The van der Waals surface area contributed by atoms with Crippen LogP contribution in [0.1, 0.15) is 44.4 Å². The van der Waals surface area contributed by atoms with E-state index in [1.54, 1.807) is 31.7 Å². The summed E-state index contributed by atoms with van der Waals surface area (Å²) in [5.41, 5.74) is 10.6. The Kier molecular flexibility index (Phi) is 6.87. The third-order valence-electron chi connectivity index (χ3n) is 5.41. The van der Waals surface area contributed by atoms with Gasteiger partial charge in [0.2, 0.25) is 0 Å². The van der Waals surface area contributed by atoms with Crippen molar-refractivity contribution in [2.24, 2.45) is 5.11 Å². The van der Waals surface area contributed by atoms with Gasteiger partial charge in [-0.05, 0) is 50.3 Å². The number of hydrogen-bond acceptors (Lipinski definition) is 5. The first-order chi connectivity index (χ1) is 14.7. The van der Waals surface area contributed by atoms with Gasteiger partial charge < -0.3 is 19.7 Å². The normalized spacial score (nSPS) is 25.6. The minimum Gasteiger partial charge on any atom is -0.444 e. The summed E-state index contributed by atoms with van der Waals surface area (Å²) in [7, 11) is 0. The molecule has 166 valence electrons. The Bertz CT molecular complexity index is 890. The molecule has 0 bridgehead atoms. The number of alkyl carbamates (subject to hydrolysis) is 1. The van der Waals surface area contributed by atoms with Crippen molar-refractivity contribution in [3.05, 3.63) is 58.5 Å². The maximum atomic E-state index is 13.3. The summed E-state index contributed by atoms with van der Waals surface area (Å²) in [6.07, 6.45) is 1.30. The van der Waals surface area contributed by atoms with E-state index in [9.17, 15) is 9.59 Å². The van der Waals surface area contributed by atoms with Crippen LogP contribution in [-0.4, -0.2) is 53.8 Å². The van der Waals surface area contributed by atoms with E-state index >= 15 is 0 Å². The van der Waals surface area contributed by atoms with Gasteiger partial charge >= 0.3 is 6.09 Å². The summed E-state index contributed by atoms with van der Waals surface area (Å²) >= 11 is 0. The fourth-order valence-corrected chi connectivity index (χ4v) is 4.03. The topological polar surface area (TPSA) is 117 Å². The molecule has 0 aromatic heterocycles. The Morgan fingerprint density at radius 1 is 1.39 bits per heavy atom. The summed E-state index contributed by atoms with van der Waals surface area (Å²) in [6, 6.07) is 6.57. The summed E-state index contributed by atoms with van der Waals surface area (Å²) in [5, 5.41) is 6.50. The molecule has 9 heteroatoms. The van der Waals surface area contributed by atoms with E-state index < -0.39 is 29.9 Å². The molecule has 9 nitrogen and oxygen atoms in total. The van der Waals surface area contributed by atoms with Crippen molar-refractivity contribution < 1.29 is 19.1 Å². The average molecular weight is 428 g/mol. The monoisotopic (exact) mass is 427 g/mol. The van der Waals surface area contributed by atoms with Gasteiger partial charge in [0.05, 0.1) is 24.7 Å². The molecule has 1 saturated heterocycles. The van der Waals surface area contributed by atoms with E-state index in [2.05, 4.69) is 28.0 Å². The van der Waals surface area contributed by atoms with Gasteiger partial charge in [0.1, 0.15) is 11.7 Å². The smallest absolute Gasteiger partial charge is 0.407 e. The van der Waals surface area contributed by atoms with Gasteiger partial charge in [-0.25, -0.2) is 4.79 Å². The second-order valence-corrected chi connectivity index (χ2v) is 8.74. The average Bonchev–Trinajstić information content (AvgIpc) is 2.72. The lowest BCUT2D eigenvalue weighted by atomic mass is 9.91. The lowest BCUT2D eigenvalue weighted by Gasteiger charge is -2.40.